The predicted octanol–water partition coefficient (Wildman–Crippen LogP) is 2.86. The van der Waals surface area contributed by atoms with Gasteiger partial charge < -0.3 is 19.7 Å². The van der Waals surface area contributed by atoms with Crippen molar-refractivity contribution in [2.75, 3.05) is 7.11 Å². The van der Waals surface area contributed by atoms with E-state index in [9.17, 15) is 15.0 Å². The molecule has 5 heteroatoms. The van der Waals surface area contributed by atoms with Gasteiger partial charge in [-0.15, -0.1) is 0 Å². The van der Waals surface area contributed by atoms with E-state index in [4.69, 9.17) is 9.47 Å². The van der Waals surface area contributed by atoms with E-state index >= 15 is 0 Å². The Balaban J connectivity index is 2.16. The molecular formula is C17H16O5. The summed E-state index contributed by atoms with van der Waals surface area (Å²) >= 11 is 0. The molecule has 0 spiro atoms. The van der Waals surface area contributed by atoms with Gasteiger partial charge in [0.2, 0.25) is 0 Å². The summed E-state index contributed by atoms with van der Waals surface area (Å²) in [6, 6.07) is 8.09. The predicted molar refractivity (Wildman–Crippen MR) is 79.6 cm³/mol. The number of hydrogen-bond donors (Lipinski definition) is 2. The molecule has 0 aromatic heterocycles. The van der Waals surface area contributed by atoms with Crippen LogP contribution in [0.2, 0.25) is 0 Å². The third kappa shape index (κ3) is 2.24. The fraction of sp³-hybridized carbons (Fsp3) is 0.235. The number of phenols is 2. The highest BCUT2D eigenvalue weighted by atomic mass is 16.5. The fourth-order valence-corrected chi connectivity index (χ4v) is 2.84. The smallest absolute Gasteiger partial charge is 0.312 e. The number of phenolic OH excluding ortho intramolecular Hbond substituents is 2. The summed E-state index contributed by atoms with van der Waals surface area (Å²) in [6.45, 7) is 1.79. The van der Waals surface area contributed by atoms with Crippen molar-refractivity contribution in [1.82, 2.24) is 0 Å². The molecule has 22 heavy (non-hydrogen) atoms. The number of benzene rings is 2. The van der Waals surface area contributed by atoms with Gasteiger partial charge in [-0.05, 0) is 42.3 Å². The minimum absolute atomic E-state index is 0.0393. The van der Waals surface area contributed by atoms with Crippen LogP contribution in [0.3, 0.4) is 0 Å². The summed E-state index contributed by atoms with van der Waals surface area (Å²) in [5.41, 5.74) is 2.29. The average Bonchev–Trinajstić information content (AvgIpc) is 2.50. The molecule has 1 aliphatic rings. The molecule has 0 radical (unpaired) electrons. The minimum atomic E-state index is -0.324. The largest absolute Gasteiger partial charge is 0.508 e. The molecule has 0 aliphatic carbocycles. The van der Waals surface area contributed by atoms with Crippen LogP contribution < -0.4 is 9.47 Å². The zero-order chi connectivity index (χ0) is 15.9. The molecule has 1 heterocycles. The summed E-state index contributed by atoms with van der Waals surface area (Å²) in [6.07, 6.45) is 0.172. The number of esters is 1. The van der Waals surface area contributed by atoms with Crippen LogP contribution in [0, 0.1) is 6.92 Å². The lowest BCUT2D eigenvalue weighted by molar-refractivity contribution is -0.135. The van der Waals surface area contributed by atoms with E-state index < -0.39 is 0 Å². The maximum absolute atomic E-state index is 11.9. The van der Waals surface area contributed by atoms with E-state index in [2.05, 4.69) is 0 Å². The summed E-state index contributed by atoms with van der Waals surface area (Å²) in [5, 5.41) is 19.7. The van der Waals surface area contributed by atoms with Crippen molar-refractivity contribution in [3.63, 3.8) is 0 Å². The Morgan fingerprint density at radius 1 is 1.18 bits per heavy atom. The standard InChI is InChI=1S/C17H16O5/c1-9-12(18)5-6-14-17(9)11(8-16(20)22-14)10-3-4-13(19)15(7-10)21-2/h3-7,11,18-19H,8H2,1-2H3/t11-/m0/s1. The molecular weight excluding hydrogens is 284 g/mol. The van der Waals surface area contributed by atoms with Crippen LogP contribution >= 0.6 is 0 Å². The second-order valence-electron chi connectivity index (χ2n) is 5.28. The Morgan fingerprint density at radius 2 is 1.91 bits per heavy atom. The molecule has 2 aromatic carbocycles. The lowest BCUT2D eigenvalue weighted by Gasteiger charge is -2.27. The zero-order valence-corrected chi connectivity index (χ0v) is 12.3. The summed E-state index contributed by atoms with van der Waals surface area (Å²) < 4.78 is 10.4. The van der Waals surface area contributed by atoms with E-state index in [1.54, 1.807) is 25.1 Å². The van der Waals surface area contributed by atoms with E-state index in [0.717, 1.165) is 11.1 Å². The van der Waals surface area contributed by atoms with Crippen molar-refractivity contribution in [2.45, 2.75) is 19.3 Å². The van der Waals surface area contributed by atoms with Crippen molar-refractivity contribution < 1.29 is 24.5 Å². The van der Waals surface area contributed by atoms with Crippen molar-refractivity contribution in [3.05, 3.63) is 47.0 Å². The summed E-state index contributed by atoms with van der Waals surface area (Å²) in [7, 11) is 1.47. The van der Waals surface area contributed by atoms with Crippen molar-refractivity contribution >= 4 is 5.97 Å². The first kappa shape index (κ1) is 14.3. The molecule has 3 rings (SSSR count). The number of methoxy groups -OCH3 is 1. The molecule has 0 fully saturated rings. The number of rotatable bonds is 2. The van der Waals surface area contributed by atoms with Crippen molar-refractivity contribution in [2.24, 2.45) is 0 Å². The van der Waals surface area contributed by atoms with Crippen LogP contribution in [0.15, 0.2) is 30.3 Å². The number of hydrogen-bond acceptors (Lipinski definition) is 5. The quantitative estimate of drug-likeness (QED) is 0.659. The number of carbonyl (C=O) groups is 1. The lowest BCUT2D eigenvalue weighted by Crippen LogP contribution is -2.22. The molecule has 0 bridgehead atoms. The number of ether oxygens (including phenoxy) is 2. The Kier molecular flexibility index (Phi) is 3.41. The van der Waals surface area contributed by atoms with Crippen LogP contribution in [0.1, 0.15) is 29.0 Å². The van der Waals surface area contributed by atoms with E-state index in [1.807, 2.05) is 0 Å². The van der Waals surface area contributed by atoms with Gasteiger partial charge in [0.15, 0.2) is 11.5 Å². The Bertz CT molecular complexity index is 751. The third-order valence-electron chi connectivity index (χ3n) is 4.00. The molecule has 1 aliphatic heterocycles. The first-order valence-electron chi connectivity index (χ1n) is 6.91. The van der Waals surface area contributed by atoms with Gasteiger partial charge in [-0.2, -0.15) is 0 Å². The van der Waals surface area contributed by atoms with Crippen molar-refractivity contribution in [3.8, 4) is 23.0 Å². The Morgan fingerprint density at radius 3 is 2.64 bits per heavy atom. The van der Waals surface area contributed by atoms with Crippen LogP contribution in [-0.2, 0) is 4.79 Å². The van der Waals surface area contributed by atoms with E-state index in [1.165, 1.54) is 19.2 Å². The van der Waals surface area contributed by atoms with Gasteiger partial charge in [0.25, 0.3) is 0 Å². The average molecular weight is 300 g/mol. The van der Waals surface area contributed by atoms with Crippen LogP contribution in [0.4, 0.5) is 0 Å². The molecule has 0 unspecified atom stereocenters. The monoisotopic (exact) mass is 300 g/mol. The molecule has 1 atom stereocenters. The van der Waals surface area contributed by atoms with Crippen LogP contribution in [0.25, 0.3) is 0 Å². The molecule has 0 saturated carbocycles. The third-order valence-corrected chi connectivity index (χ3v) is 4.00. The molecule has 114 valence electrons. The lowest BCUT2D eigenvalue weighted by atomic mass is 9.83. The zero-order valence-electron chi connectivity index (χ0n) is 12.3. The molecule has 2 aromatic rings. The first-order chi connectivity index (χ1) is 10.5. The van der Waals surface area contributed by atoms with Crippen molar-refractivity contribution in [1.29, 1.82) is 0 Å². The number of aromatic hydroxyl groups is 2. The normalized spacial score (nSPS) is 16.8. The van der Waals surface area contributed by atoms with Gasteiger partial charge in [0.05, 0.1) is 13.5 Å². The molecule has 0 amide bonds. The van der Waals surface area contributed by atoms with Gasteiger partial charge >= 0.3 is 5.97 Å². The van der Waals surface area contributed by atoms with E-state index in [-0.39, 0.29) is 29.8 Å². The van der Waals surface area contributed by atoms with Gasteiger partial charge in [0.1, 0.15) is 11.5 Å². The number of carbonyl (C=O) groups excluding carboxylic acids is 1. The summed E-state index contributed by atoms with van der Waals surface area (Å²) in [4.78, 5) is 11.9. The second kappa shape index (κ2) is 5.26. The second-order valence-corrected chi connectivity index (χ2v) is 5.28. The highest BCUT2D eigenvalue weighted by Crippen LogP contribution is 2.44. The molecule has 0 saturated heterocycles. The Labute approximate surface area is 127 Å². The van der Waals surface area contributed by atoms with Gasteiger partial charge in [0, 0.05) is 11.5 Å². The van der Waals surface area contributed by atoms with Gasteiger partial charge in [-0.3, -0.25) is 4.79 Å². The highest BCUT2D eigenvalue weighted by Gasteiger charge is 2.31. The Hall–Kier alpha value is -2.69. The maximum Gasteiger partial charge on any atom is 0.312 e. The SMILES string of the molecule is COc1cc([C@@H]2CC(=O)Oc3ccc(O)c(C)c32)ccc1O. The van der Waals surface area contributed by atoms with Crippen LogP contribution in [0.5, 0.6) is 23.0 Å². The maximum atomic E-state index is 11.9. The van der Waals surface area contributed by atoms with Gasteiger partial charge in [-0.25, -0.2) is 0 Å². The van der Waals surface area contributed by atoms with Crippen LogP contribution in [-0.4, -0.2) is 23.3 Å². The molecule has 5 nitrogen and oxygen atoms in total. The first-order valence-corrected chi connectivity index (χ1v) is 6.91. The molecule has 2 N–H and O–H groups in total. The highest BCUT2D eigenvalue weighted by molar-refractivity contribution is 5.78. The topological polar surface area (TPSA) is 76.0 Å². The van der Waals surface area contributed by atoms with E-state index in [0.29, 0.717) is 17.1 Å². The fourth-order valence-electron chi connectivity index (χ4n) is 2.84. The van der Waals surface area contributed by atoms with Gasteiger partial charge in [-0.1, -0.05) is 6.07 Å². The minimum Gasteiger partial charge on any atom is -0.508 e. The summed E-state index contributed by atoms with van der Waals surface area (Å²) in [5.74, 6) is 0.428. The number of fused-ring (bicyclic) bond motifs is 1.